The van der Waals surface area contributed by atoms with Gasteiger partial charge in [0.05, 0.1) is 6.04 Å². The fourth-order valence-corrected chi connectivity index (χ4v) is 4.11. The van der Waals surface area contributed by atoms with Gasteiger partial charge in [-0.1, -0.05) is 13.8 Å². The Balaban J connectivity index is 3.03. The van der Waals surface area contributed by atoms with Crippen molar-refractivity contribution >= 4 is 35.9 Å². The Hall–Kier alpha value is -3.22. The van der Waals surface area contributed by atoms with Crippen molar-refractivity contribution in [3.8, 4) is 0 Å². The minimum atomic E-state index is -0.879. The third-order valence-electron chi connectivity index (χ3n) is 6.27. The van der Waals surface area contributed by atoms with Gasteiger partial charge in [-0.15, -0.1) is 0 Å². The number of unbranched alkanes of at least 4 members (excludes halogenated alkanes) is 1. The van der Waals surface area contributed by atoms with Crippen LogP contribution in [-0.4, -0.2) is 79.7 Å². The van der Waals surface area contributed by atoms with E-state index in [9.17, 15) is 24.0 Å². The van der Waals surface area contributed by atoms with E-state index in [-0.39, 0.29) is 36.7 Å². The maximum Gasteiger partial charge on any atom is 0.243 e. The first-order valence-corrected chi connectivity index (χ1v) is 14.0. The Kier molecular flexibility index (Phi) is 17.2. The van der Waals surface area contributed by atoms with Crippen molar-refractivity contribution in [1.29, 1.82) is 0 Å². The monoisotopic (exact) mass is 552 g/mol. The number of hydrogen-bond acceptors (Lipinski definition) is 7. The molecule has 0 saturated carbocycles. The Morgan fingerprint density at radius 1 is 0.923 bits per heavy atom. The second-order valence-corrected chi connectivity index (χ2v) is 10.2. The lowest BCUT2D eigenvalue weighted by atomic mass is 10.0. The number of carbonyl (C=O) groups is 5. The van der Waals surface area contributed by atoms with Gasteiger partial charge in [-0.25, -0.2) is 0 Å². The average Bonchev–Trinajstić information content (AvgIpc) is 2.87. The van der Waals surface area contributed by atoms with Gasteiger partial charge in [0, 0.05) is 32.0 Å². The lowest BCUT2D eigenvalue weighted by Crippen LogP contribution is -2.55. The number of hydrogen-bond donors (Lipinski definition) is 7. The summed E-state index contributed by atoms with van der Waals surface area (Å²) in [5, 5.41) is 14.4. The molecule has 1 heterocycles. The quantitative estimate of drug-likeness (QED) is 0.0754. The molecule has 13 nitrogen and oxygen atoms in total. The summed E-state index contributed by atoms with van der Waals surface area (Å²) in [6.45, 7) is 5.54. The molecule has 4 amide bonds. The van der Waals surface area contributed by atoms with Crippen LogP contribution in [-0.2, 0) is 24.0 Å². The van der Waals surface area contributed by atoms with Gasteiger partial charge in [0.1, 0.15) is 18.4 Å². The first kappa shape index (κ1) is 33.8. The summed E-state index contributed by atoms with van der Waals surface area (Å²) >= 11 is 0. The maximum absolute atomic E-state index is 13.3. The smallest absolute Gasteiger partial charge is 0.243 e. The molecule has 1 aliphatic heterocycles. The topological polar surface area (TPSA) is 210 Å². The molecule has 1 aliphatic rings. The average molecular weight is 553 g/mol. The van der Waals surface area contributed by atoms with Gasteiger partial charge in [-0.2, -0.15) is 0 Å². The van der Waals surface area contributed by atoms with Crippen LogP contribution in [0.1, 0.15) is 84.5 Å². The van der Waals surface area contributed by atoms with Crippen LogP contribution in [0.2, 0.25) is 0 Å². The van der Waals surface area contributed by atoms with Crippen LogP contribution >= 0.6 is 0 Å². The molecule has 1 fully saturated rings. The largest absolute Gasteiger partial charge is 0.370 e. The zero-order valence-corrected chi connectivity index (χ0v) is 23.4. The van der Waals surface area contributed by atoms with Crippen molar-refractivity contribution in [3.05, 3.63) is 0 Å². The van der Waals surface area contributed by atoms with Crippen LogP contribution in [0.15, 0.2) is 4.99 Å². The Bertz CT molecular complexity index is 816. The second-order valence-electron chi connectivity index (χ2n) is 10.2. The molecule has 0 aromatic rings. The van der Waals surface area contributed by atoms with Gasteiger partial charge in [-0.05, 0) is 64.3 Å². The third-order valence-corrected chi connectivity index (χ3v) is 6.27. The number of aliphatic imine (C=N–C) groups is 1. The van der Waals surface area contributed by atoms with Crippen molar-refractivity contribution in [3.63, 3.8) is 0 Å². The fraction of sp³-hybridized carbons (Fsp3) is 0.769. The summed E-state index contributed by atoms with van der Waals surface area (Å²) in [5.74, 6) is -1.46. The molecule has 13 heteroatoms. The van der Waals surface area contributed by atoms with Crippen molar-refractivity contribution < 1.29 is 24.0 Å². The third kappa shape index (κ3) is 16.4. The molecule has 0 unspecified atom stereocenters. The summed E-state index contributed by atoms with van der Waals surface area (Å²) in [7, 11) is 0. The summed E-state index contributed by atoms with van der Waals surface area (Å²) in [4.78, 5) is 66.7. The van der Waals surface area contributed by atoms with Gasteiger partial charge in [-0.3, -0.25) is 24.2 Å². The number of carbonyl (C=O) groups excluding carboxylic acids is 5. The van der Waals surface area contributed by atoms with Crippen LogP contribution in [0.3, 0.4) is 0 Å². The first-order valence-electron chi connectivity index (χ1n) is 14.0. The van der Waals surface area contributed by atoms with Crippen LogP contribution in [0.25, 0.3) is 0 Å². The lowest BCUT2D eigenvalue weighted by Gasteiger charge is -2.25. The van der Waals surface area contributed by atoms with Crippen LogP contribution in [0.5, 0.6) is 0 Å². The molecule has 39 heavy (non-hydrogen) atoms. The molecule has 1 saturated heterocycles. The summed E-state index contributed by atoms with van der Waals surface area (Å²) in [6, 6.07) is -2.17. The number of amides is 4. The fourth-order valence-electron chi connectivity index (χ4n) is 4.11. The summed E-state index contributed by atoms with van der Waals surface area (Å²) in [6.07, 6.45) is 5.49. The predicted molar refractivity (Wildman–Crippen MR) is 149 cm³/mol. The van der Waals surface area contributed by atoms with Crippen LogP contribution in [0.4, 0.5) is 0 Å². The molecule has 9 N–H and O–H groups in total. The Morgan fingerprint density at radius 3 is 2.28 bits per heavy atom. The highest BCUT2D eigenvalue weighted by atomic mass is 16.2. The highest BCUT2D eigenvalue weighted by molar-refractivity contribution is 5.92. The van der Waals surface area contributed by atoms with E-state index in [1.54, 1.807) is 0 Å². The molecule has 3 atom stereocenters. The van der Waals surface area contributed by atoms with E-state index in [1.165, 1.54) is 0 Å². The van der Waals surface area contributed by atoms with E-state index in [1.807, 2.05) is 13.8 Å². The normalized spacial score (nSPS) is 22.5. The Labute approximate surface area is 231 Å². The van der Waals surface area contributed by atoms with Crippen molar-refractivity contribution in [2.24, 2.45) is 16.5 Å². The lowest BCUT2D eigenvalue weighted by molar-refractivity contribution is -0.133. The van der Waals surface area contributed by atoms with Crippen molar-refractivity contribution in [2.45, 2.75) is 109 Å². The molecule has 1 rings (SSSR count). The van der Waals surface area contributed by atoms with E-state index in [2.05, 4.69) is 31.6 Å². The SMILES string of the molecule is CC(C)NCCC[C@@H]1NC(=O)[C@H](CCCCN=C(N)N)NC(=O)CCCC(=O)NCCCC[C@@H](C=O)NC1=O. The molecule has 0 spiro atoms. The van der Waals surface area contributed by atoms with Crippen LogP contribution < -0.4 is 38.1 Å². The molecular formula is C26H48N8O5. The number of rotatable bonds is 11. The summed E-state index contributed by atoms with van der Waals surface area (Å²) < 4.78 is 0. The van der Waals surface area contributed by atoms with Crippen molar-refractivity contribution in [2.75, 3.05) is 19.6 Å². The van der Waals surface area contributed by atoms with Gasteiger partial charge in [0.25, 0.3) is 0 Å². The van der Waals surface area contributed by atoms with Gasteiger partial charge in [0.2, 0.25) is 23.6 Å². The minimum absolute atomic E-state index is 0.0178. The number of guanidine groups is 1. The number of aldehydes is 1. The highest BCUT2D eigenvalue weighted by Gasteiger charge is 2.27. The van der Waals surface area contributed by atoms with E-state index >= 15 is 0 Å². The van der Waals surface area contributed by atoms with Gasteiger partial charge in [0.15, 0.2) is 5.96 Å². The van der Waals surface area contributed by atoms with Crippen molar-refractivity contribution in [1.82, 2.24) is 26.6 Å². The van der Waals surface area contributed by atoms with Crippen LogP contribution in [0, 0.1) is 0 Å². The first-order chi connectivity index (χ1) is 18.6. The molecule has 0 radical (unpaired) electrons. The van der Waals surface area contributed by atoms with E-state index < -0.39 is 29.9 Å². The standard InChI is InChI=1S/C26H48N8O5/c1-18(2)29-16-8-11-21-24(38)32-19(17-35)9-3-5-14-30-22(36)12-7-13-23(37)33-20(25(39)34-21)10-4-6-15-31-26(27)28/h17-21,29H,3-16H2,1-2H3,(H,30,36)(H,32,38)(H,33,37)(H,34,39)(H4,27,28,31)/t19-,20-,21-/m0/s1. The van der Waals surface area contributed by atoms with E-state index in [0.717, 1.165) is 0 Å². The zero-order valence-electron chi connectivity index (χ0n) is 23.4. The summed E-state index contributed by atoms with van der Waals surface area (Å²) in [5.41, 5.74) is 10.7. The second kappa shape index (κ2) is 19.8. The molecule has 222 valence electrons. The highest BCUT2D eigenvalue weighted by Crippen LogP contribution is 2.08. The predicted octanol–water partition coefficient (Wildman–Crippen LogP) is -0.668. The van der Waals surface area contributed by atoms with E-state index in [4.69, 9.17) is 11.5 Å². The molecule has 0 aromatic heterocycles. The van der Waals surface area contributed by atoms with E-state index in [0.29, 0.717) is 83.7 Å². The Morgan fingerprint density at radius 2 is 1.59 bits per heavy atom. The zero-order chi connectivity index (χ0) is 29.0. The number of nitrogens with one attached hydrogen (secondary N) is 5. The van der Waals surface area contributed by atoms with Gasteiger partial charge >= 0.3 is 0 Å². The molecular weight excluding hydrogens is 504 g/mol. The molecule has 0 aliphatic carbocycles. The maximum atomic E-state index is 13.3. The minimum Gasteiger partial charge on any atom is -0.370 e. The number of nitrogens with zero attached hydrogens (tertiary/aromatic N) is 1. The number of nitrogens with two attached hydrogens (primary N) is 2. The molecule has 0 aromatic carbocycles. The van der Waals surface area contributed by atoms with Gasteiger partial charge < -0.3 is 42.8 Å². The molecule has 0 bridgehead atoms.